The highest BCUT2D eigenvalue weighted by atomic mass is 35.5. The molecule has 114 valence electrons. The second-order valence-corrected chi connectivity index (χ2v) is 4.85. The van der Waals surface area contributed by atoms with Crippen LogP contribution in [0.5, 0.6) is 11.8 Å². The minimum Gasteiger partial charge on any atom is -0.423 e. The Morgan fingerprint density at radius 3 is 2.48 bits per heavy atom. The zero-order valence-electron chi connectivity index (χ0n) is 11.8. The van der Waals surface area contributed by atoms with Gasteiger partial charge < -0.3 is 10.1 Å². The molecule has 6 nitrogen and oxygen atoms in total. The van der Waals surface area contributed by atoms with Crippen molar-refractivity contribution < 1.29 is 9.53 Å². The van der Waals surface area contributed by atoms with Gasteiger partial charge in [-0.2, -0.15) is 0 Å². The number of hydrogen-bond acceptors (Lipinski definition) is 5. The topological polar surface area (TPSA) is 77.0 Å². The van der Waals surface area contributed by atoms with Gasteiger partial charge in [-0.3, -0.25) is 9.78 Å². The number of halogens is 1. The van der Waals surface area contributed by atoms with Crippen LogP contribution < -0.4 is 10.1 Å². The quantitative estimate of drug-likeness (QED) is 0.793. The van der Waals surface area contributed by atoms with Gasteiger partial charge in [-0.1, -0.05) is 17.7 Å². The van der Waals surface area contributed by atoms with Crippen LogP contribution in [0.1, 0.15) is 10.5 Å². The fourth-order valence-corrected chi connectivity index (χ4v) is 2.01. The summed E-state index contributed by atoms with van der Waals surface area (Å²) in [5.74, 6) is 0.0791. The second-order valence-electron chi connectivity index (χ2n) is 4.45. The van der Waals surface area contributed by atoms with Crippen molar-refractivity contribution in [2.24, 2.45) is 0 Å². The van der Waals surface area contributed by atoms with E-state index >= 15 is 0 Å². The molecular formula is C16H11ClN4O2. The second kappa shape index (κ2) is 6.85. The minimum absolute atomic E-state index is 0.194. The monoisotopic (exact) mass is 326 g/mol. The van der Waals surface area contributed by atoms with E-state index in [1.165, 1.54) is 0 Å². The van der Waals surface area contributed by atoms with Crippen LogP contribution >= 0.6 is 11.6 Å². The number of benzene rings is 1. The lowest BCUT2D eigenvalue weighted by Gasteiger charge is -2.08. The van der Waals surface area contributed by atoms with Crippen molar-refractivity contribution in [2.75, 3.05) is 5.32 Å². The van der Waals surface area contributed by atoms with E-state index < -0.39 is 0 Å². The smallest absolute Gasteiger partial charge is 0.321 e. The Kier molecular flexibility index (Phi) is 4.44. The highest BCUT2D eigenvalue weighted by Gasteiger charge is 2.10. The first-order chi connectivity index (χ1) is 11.2. The number of rotatable bonds is 4. The van der Waals surface area contributed by atoms with Gasteiger partial charge >= 0.3 is 6.01 Å². The van der Waals surface area contributed by atoms with Gasteiger partial charge in [0, 0.05) is 24.3 Å². The lowest BCUT2D eigenvalue weighted by Crippen LogP contribution is -2.13. The van der Waals surface area contributed by atoms with E-state index in [1.807, 2.05) is 0 Å². The molecule has 1 aromatic carbocycles. The Balaban J connectivity index is 1.73. The third-order valence-corrected chi connectivity index (χ3v) is 3.13. The summed E-state index contributed by atoms with van der Waals surface area (Å²) >= 11 is 6.16. The predicted octanol–water partition coefficient (Wildman–Crippen LogP) is 3.57. The molecule has 0 atom stereocenters. The average molecular weight is 327 g/mol. The van der Waals surface area contributed by atoms with Gasteiger partial charge in [0.25, 0.3) is 5.91 Å². The van der Waals surface area contributed by atoms with Gasteiger partial charge in [-0.15, -0.1) is 0 Å². The third-order valence-electron chi connectivity index (χ3n) is 2.83. The number of anilines is 1. The molecule has 0 aliphatic carbocycles. The molecule has 0 saturated carbocycles. The molecule has 0 aliphatic rings. The summed E-state index contributed by atoms with van der Waals surface area (Å²) in [7, 11) is 0. The van der Waals surface area contributed by atoms with Crippen LogP contribution in [0.3, 0.4) is 0 Å². The fraction of sp³-hybridized carbons (Fsp3) is 0. The molecule has 0 aliphatic heterocycles. The van der Waals surface area contributed by atoms with E-state index in [4.69, 9.17) is 16.3 Å². The van der Waals surface area contributed by atoms with E-state index in [1.54, 1.807) is 61.1 Å². The van der Waals surface area contributed by atoms with Gasteiger partial charge in [-0.25, -0.2) is 9.97 Å². The number of nitrogens with zero attached hydrogens (tertiary/aromatic N) is 3. The van der Waals surface area contributed by atoms with E-state index in [9.17, 15) is 4.79 Å². The number of amides is 1. The molecule has 23 heavy (non-hydrogen) atoms. The van der Waals surface area contributed by atoms with Crippen molar-refractivity contribution in [3.8, 4) is 11.8 Å². The van der Waals surface area contributed by atoms with E-state index in [0.717, 1.165) is 0 Å². The average Bonchev–Trinajstić information content (AvgIpc) is 2.59. The van der Waals surface area contributed by atoms with Crippen LogP contribution in [-0.4, -0.2) is 20.9 Å². The summed E-state index contributed by atoms with van der Waals surface area (Å²) in [5.41, 5.74) is 0.855. The normalized spacial score (nSPS) is 10.1. The van der Waals surface area contributed by atoms with Gasteiger partial charge in [0.15, 0.2) is 0 Å². The molecule has 1 N–H and O–H groups in total. The third kappa shape index (κ3) is 3.81. The van der Waals surface area contributed by atoms with Crippen LogP contribution in [0, 0.1) is 0 Å². The number of carbonyl (C=O) groups is 1. The number of pyridine rings is 1. The molecule has 0 fully saturated rings. The summed E-state index contributed by atoms with van der Waals surface area (Å²) < 4.78 is 5.47. The van der Waals surface area contributed by atoms with E-state index in [0.29, 0.717) is 22.2 Å². The van der Waals surface area contributed by atoms with Crippen LogP contribution in [0.15, 0.2) is 61.1 Å². The Hall–Kier alpha value is -2.99. The number of hydrogen-bond donors (Lipinski definition) is 1. The van der Waals surface area contributed by atoms with Gasteiger partial charge in [0.05, 0.1) is 5.02 Å². The number of ether oxygens (including phenoxy) is 1. The van der Waals surface area contributed by atoms with E-state index in [2.05, 4.69) is 20.3 Å². The van der Waals surface area contributed by atoms with Crippen molar-refractivity contribution in [1.29, 1.82) is 0 Å². The molecule has 2 aromatic heterocycles. The molecule has 7 heteroatoms. The van der Waals surface area contributed by atoms with Crippen LogP contribution in [-0.2, 0) is 0 Å². The molecule has 3 rings (SSSR count). The van der Waals surface area contributed by atoms with E-state index in [-0.39, 0.29) is 11.9 Å². The first-order valence-corrected chi connectivity index (χ1v) is 7.07. The maximum absolute atomic E-state index is 12.0. The molecule has 0 unspecified atom stereocenters. The largest absolute Gasteiger partial charge is 0.423 e. The molecule has 0 spiro atoms. The first-order valence-electron chi connectivity index (χ1n) is 6.69. The molecule has 2 heterocycles. The maximum Gasteiger partial charge on any atom is 0.321 e. The fourth-order valence-electron chi connectivity index (χ4n) is 1.79. The zero-order chi connectivity index (χ0) is 16.1. The number of carbonyl (C=O) groups excluding carboxylic acids is 1. The van der Waals surface area contributed by atoms with Gasteiger partial charge in [0.2, 0.25) is 0 Å². The summed E-state index contributed by atoms with van der Waals surface area (Å²) in [5, 5.41) is 3.05. The van der Waals surface area contributed by atoms with Crippen molar-refractivity contribution in [2.45, 2.75) is 0 Å². The van der Waals surface area contributed by atoms with Crippen LogP contribution in [0.25, 0.3) is 0 Å². The maximum atomic E-state index is 12.0. The summed E-state index contributed by atoms with van der Waals surface area (Å²) in [6.45, 7) is 0. The molecule has 0 bridgehead atoms. The molecular weight excluding hydrogens is 316 g/mol. The number of nitrogens with one attached hydrogen (secondary N) is 1. The Bertz CT molecular complexity index is 813. The summed E-state index contributed by atoms with van der Waals surface area (Å²) in [4.78, 5) is 23.9. The number of aromatic nitrogens is 3. The SMILES string of the molecule is O=C(Nc1ccc(Oc2ncccn2)c(Cl)c1)c1ccccn1. The molecule has 1 amide bonds. The van der Waals surface area contributed by atoms with Gasteiger partial charge in [0.1, 0.15) is 11.4 Å². The zero-order valence-corrected chi connectivity index (χ0v) is 12.6. The van der Waals surface area contributed by atoms with Crippen molar-refractivity contribution >= 4 is 23.2 Å². The lowest BCUT2D eigenvalue weighted by molar-refractivity contribution is 0.102. The Labute approximate surface area is 137 Å². The molecule has 0 saturated heterocycles. The Morgan fingerprint density at radius 1 is 1.00 bits per heavy atom. The van der Waals surface area contributed by atoms with Crippen LogP contribution in [0.4, 0.5) is 5.69 Å². The highest BCUT2D eigenvalue weighted by Crippen LogP contribution is 2.30. The predicted molar refractivity (Wildman–Crippen MR) is 85.7 cm³/mol. The van der Waals surface area contributed by atoms with Gasteiger partial charge in [-0.05, 0) is 36.4 Å². The Morgan fingerprint density at radius 2 is 1.78 bits per heavy atom. The standard InChI is InChI=1S/C16H11ClN4O2/c17-12-10-11(21-15(22)13-4-1-2-7-18-13)5-6-14(12)23-16-19-8-3-9-20-16/h1-10H,(H,21,22). The van der Waals surface area contributed by atoms with Crippen molar-refractivity contribution in [3.63, 3.8) is 0 Å². The summed E-state index contributed by atoms with van der Waals surface area (Å²) in [6, 6.07) is 11.9. The minimum atomic E-state index is -0.318. The van der Waals surface area contributed by atoms with Crippen molar-refractivity contribution in [3.05, 3.63) is 71.8 Å². The summed E-state index contributed by atoms with van der Waals surface area (Å²) in [6.07, 6.45) is 4.69. The first kappa shape index (κ1) is 14.9. The van der Waals surface area contributed by atoms with Crippen LogP contribution in [0.2, 0.25) is 5.02 Å². The lowest BCUT2D eigenvalue weighted by atomic mass is 10.2. The van der Waals surface area contributed by atoms with Crippen molar-refractivity contribution in [1.82, 2.24) is 15.0 Å². The highest BCUT2D eigenvalue weighted by molar-refractivity contribution is 6.32. The molecule has 3 aromatic rings. The molecule has 0 radical (unpaired) electrons.